The molecule has 1 N–H and O–H groups in total. The number of ether oxygens (including phenoxy) is 1. The minimum Gasteiger partial charge on any atom is -0.420 e. The highest BCUT2D eigenvalue weighted by Crippen LogP contribution is 2.37. The van der Waals surface area contributed by atoms with Crippen molar-refractivity contribution >= 4 is 46.6 Å². The fraction of sp³-hybridized carbons (Fsp3) is 0.333. The van der Waals surface area contributed by atoms with E-state index in [4.69, 9.17) is 39.5 Å². The van der Waals surface area contributed by atoms with Crippen LogP contribution in [0.4, 0.5) is 10.5 Å². The van der Waals surface area contributed by atoms with Gasteiger partial charge in [-0.05, 0) is 42.8 Å². The van der Waals surface area contributed by atoms with Gasteiger partial charge in [0.05, 0.1) is 36.4 Å². The number of nitrogens with one attached hydrogen (secondary N) is 1. The number of nitriles is 1. The van der Waals surface area contributed by atoms with Crippen LogP contribution in [0.15, 0.2) is 42.5 Å². The number of halogens is 3. The van der Waals surface area contributed by atoms with Crippen LogP contribution in [0.1, 0.15) is 24.9 Å². The summed E-state index contributed by atoms with van der Waals surface area (Å²) in [5.41, 5.74) is 1.75. The van der Waals surface area contributed by atoms with Crippen LogP contribution in [0.2, 0.25) is 15.1 Å². The third-order valence-electron chi connectivity index (χ3n) is 5.07. The van der Waals surface area contributed by atoms with Gasteiger partial charge in [0.2, 0.25) is 0 Å². The number of rotatable bonds is 4. The molecule has 3 rings (SSSR count). The summed E-state index contributed by atoms with van der Waals surface area (Å²) in [5.74, 6) is 0. The predicted molar refractivity (Wildman–Crippen MR) is 115 cm³/mol. The van der Waals surface area contributed by atoms with Crippen molar-refractivity contribution in [2.45, 2.75) is 25.4 Å². The Hall–Kier alpha value is -1.97. The Morgan fingerprint density at radius 2 is 1.90 bits per heavy atom. The maximum atomic E-state index is 12.6. The van der Waals surface area contributed by atoms with Gasteiger partial charge in [0, 0.05) is 10.0 Å². The van der Waals surface area contributed by atoms with Crippen molar-refractivity contribution in [1.29, 1.82) is 5.26 Å². The molecule has 1 saturated heterocycles. The van der Waals surface area contributed by atoms with E-state index >= 15 is 0 Å². The van der Waals surface area contributed by atoms with E-state index in [9.17, 15) is 10.1 Å². The molecule has 29 heavy (non-hydrogen) atoms. The molecule has 3 atom stereocenters. The topological polar surface area (TPSA) is 57.8 Å². The van der Waals surface area contributed by atoms with E-state index in [0.29, 0.717) is 39.7 Å². The van der Waals surface area contributed by atoms with E-state index in [1.807, 2.05) is 18.2 Å². The van der Waals surface area contributed by atoms with Gasteiger partial charge in [-0.15, -0.1) is 0 Å². The van der Waals surface area contributed by atoms with Gasteiger partial charge in [0.15, 0.2) is 0 Å². The van der Waals surface area contributed by atoms with Crippen molar-refractivity contribution in [3.8, 4) is 6.07 Å². The standard InChI is InChI=1S/C21H20Cl3N3O2/c1-2-29-21(28)27-12-11-26(18-8-7-16(23)13-17(18)24)20(19(27)9-10-25)14-3-5-15(22)6-4-14/h3-8,13,19-20H,2,9,11-12H2,1H3/p+1. The SMILES string of the molecule is CCOC(=O)[NH+]1CCN(c2ccc(Cl)cc2Cl)C(c2ccc(Cl)cc2)C1CC#N. The van der Waals surface area contributed by atoms with E-state index < -0.39 is 0 Å². The minimum atomic E-state index is -0.339. The molecule has 1 heterocycles. The van der Waals surface area contributed by atoms with E-state index in [1.165, 1.54) is 0 Å². The first-order valence-corrected chi connectivity index (χ1v) is 10.5. The first kappa shape index (κ1) is 21.7. The maximum Gasteiger partial charge on any atom is 0.514 e. The summed E-state index contributed by atoms with van der Waals surface area (Å²) < 4.78 is 5.27. The van der Waals surface area contributed by atoms with E-state index in [2.05, 4.69) is 11.0 Å². The van der Waals surface area contributed by atoms with Crippen LogP contribution in [0.5, 0.6) is 0 Å². The number of piperazine rings is 1. The maximum absolute atomic E-state index is 12.6. The normalized spacial score (nSPS) is 21.5. The van der Waals surface area contributed by atoms with Crippen LogP contribution >= 0.6 is 34.8 Å². The number of alkyl carbamates (subject to hydrolysis) is 2. The van der Waals surface area contributed by atoms with Gasteiger partial charge in [-0.1, -0.05) is 46.9 Å². The molecule has 152 valence electrons. The summed E-state index contributed by atoms with van der Waals surface area (Å²) in [4.78, 5) is 15.4. The number of anilines is 1. The van der Waals surface area contributed by atoms with Crippen LogP contribution < -0.4 is 9.80 Å². The number of carbonyl (C=O) groups excluding carboxylic acids is 1. The summed E-state index contributed by atoms with van der Waals surface area (Å²) in [6.45, 7) is 3.12. The quantitative estimate of drug-likeness (QED) is 0.739. The summed E-state index contributed by atoms with van der Waals surface area (Å²) in [5, 5.41) is 11.2. The summed E-state index contributed by atoms with van der Waals surface area (Å²) in [7, 11) is 0. The molecule has 1 fully saturated rings. The van der Waals surface area contributed by atoms with Crippen LogP contribution in [0.3, 0.4) is 0 Å². The van der Waals surface area contributed by atoms with Gasteiger partial charge in [0.1, 0.15) is 18.6 Å². The lowest BCUT2D eigenvalue weighted by atomic mass is 9.91. The molecule has 0 aromatic heterocycles. The van der Waals surface area contributed by atoms with Crippen molar-refractivity contribution in [3.05, 3.63) is 63.1 Å². The molecule has 8 heteroatoms. The van der Waals surface area contributed by atoms with E-state index in [-0.39, 0.29) is 24.6 Å². The second-order valence-electron chi connectivity index (χ2n) is 6.75. The average Bonchev–Trinajstić information content (AvgIpc) is 2.69. The number of carbonyl (C=O) groups is 1. The highest BCUT2D eigenvalue weighted by Gasteiger charge is 2.45. The van der Waals surface area contributed by atoms with Crippen LogP contribution in [-0.2, 0) is 4.74 Å². The van der Waals surface area contributed by atoms with Crippen molar-refractivity contribution in [2.24, 2.45) is 0 Å². The second kappa shape index (κ2) is 9.69. The molecule has 1 aliphatic heterocycles. The minimum absolute atomic E-state index is 0.184. The van der Waals surface area contributed by atoms with Gasteiger partial charge in [0.25, 0.3) is 0 Å². The highest BCUT2D eigenvalue weighted by molar-refractivity contribution is 6.36. The van der Waals surface area contributed by atoms with Gasteiger partial charge < -0.3 is 9.64 Å². The Bertz CT molecular complexity index is 914. The highest BCUT2D eigenvalue weighted by atomic mass is 35.5. The zero-order chi connectivity index (χ0) is 21.0. The number of hydrogen-bond donors (Lipinski definition) is 1. The molecule has 1 aliphatic rings. The van der Waals surface area contributed by atoms with Crippen molar-refractivity contribution in [2.75, 3.05) is 24.6 Å². The monoisotopic (exact) mass is 452 g/mol. The average molecular weight is 454 g/mol. The molecular formula is C21H21Cl3N3O2+. The third-order valence-corrected chi connectivity index (χ3v) is 5.86. The van der Waals surface area contributed by atoms with Gasteiger partial charge in [-0.25, -0.2) is 4.90 Å². The number of benzene rings is 2. The lowest BCUT2D eigenvalue weighted by molar-refractivity contribution is -0.856. The van der Waals surface area contributed by atoms with Crippen molar-refractivity contribution in [1.82, 2.24) is 0 Å². The molecular weight excluding hydrogens is 433 g/mol. The van der Waals surface area contributed by atoms with E-state index in [1.54, 1.807) is 31.2 Å². The van der Waals surface area contributed by atoms with Crippen LogP contribution in [0, 0.1) is 11.3 Å². The Morgan fingerprint density at radius 3 is 2.52 bits per heavy atom. The second-order valence-corrected chi connectivity index (χ2v) is 8.03. The zero-order valence-corrected chi connectivity index (χ0v) is 18.1. The predicted octanol–water partition coefficient (Wildman–Crippen LogP) is 4.53. The smallest absolute Gasteiger partial charge is 0.420 e. The molecule has 2 aromatic rings. The van der Waals surface area contributed by atoms with Crippen LogP contribution in [0.25, 0.3) is 0 Å². The molecule has 1 amide bonds. The molecule has 3 unspecified atom stereocenters. The molecule has 2 aromatic carbocycles. The number of quaternary nitrogens is 1. The zero-order valence-electron chi connectivity index (χ0n) is 15.9. The van der Waals surface area contributed by atoms with Crippen molar-refractivity contribution in [3.63, 3.8) is 0 Å². The number of nitrogens with zero attached hydrogens (tertiary/aromatic N) is 2. The van der Waals surface area contributed by atoms with Gasteiger partial charge in [-0.3, -0.25) is 0 Å². The molecule has 0 bridgehead atoms. The third kappa shape index (κ3) is 4.79. The fourth-order valence-electron chi connectivity index (χ4n) is 3.84. The Kier molecular flexibility index (Phi) is 7.26. The molecule has 0 radical (unpaired) electrons. The summed E-state index contributed by atoms with van der Waals surface area (Å²) in [6, 6.07) is 14.4. The van der Waals surface area contributed by atoms with Crippen LogP contribution in [-0.4, -0.2) is 31.8 Å². The summed E-state index contributed by atoms with van der Waals surface area (Å²) >= 11 is 18.7. The first-order valence-electron chi connectivity index (χ1n) is 9.33. The van der Waals surface area contributed by atoms with E-state index in [0.717, 1.165) is 11.3 Å². The first-order chi connectivity index (χ1) is 14.0. The Morgan fingerprint density at radius 1 is 1.21 bits per heavy atom. The van der Waals surface area contributed by atoms with Gasteiger partial charge >= 0.3 is 6.09 Å². The molecule has 0 aliphatic carbocycles. The number of hydrogen-bond acceptors (Lipinski definition) is 4. The Labute approximate surface area is 185 Å². The molecule has 0 saturated carbocycles. The van der Waals surface area contributed by atoms with Gasteiger partial charge in [-0.2, -0.15) is 10.1 Å². The Balaban J connectivity index is 2.09. The summed E-state index contributed by atoms with van der Waals surface area (Å²) in [6.07, 6.45) is -0.156. The molecule has 5 nitrogen and oxygen atoms in total. The van der Waals surface area contributed by atoms with Crippen molar-refractivity contribution < 1.29 is 14.4 Å². The molecule has 0 spiro atoms. The largest absolute Gasteiger partial charge is 0.514 e. The lowest BCUT2D eigenvalue weighted by Gasteiger charge is -2.44. The lowest BCUT2D eigenvalue weighted by Crippen LogP contribution is -3.21. The fourth-order valence-corrected chi connectivity index (χ4v) is 4.48. The number of amides is 1.